The van der Waals surface area contributed by atoms with E-state index >= 15 is 0 Å². The van der Waals surface area contributed by atoms with E-state index in [9.17, 15) is 4.79 Å². The highest BCUT2D eigenvalue weighted by Gasteiger charge is 2.52. The molecular weight excluding hydrogens is 370 g/mol. The Bertz CT molecular complexity index is 784. The molecule has 1 saturated carbocycles. The zero-order valence-electron chi connectivity index (χ0n) is 13.4. The molecule has 0 bridgehead atoms. The van der Waals surface area contributed by atoms with Gasteiger partial charge in [-0.3, -0.25) is 4.79 Å². The summed E-state index contributed by atoms with van der Waals surface area (Å²) in [6, 6.07) is 13.9. The average Bonchev–Trinajstić information content (AvgIpc) is 3.26. The fraction of sp³-hybridized carbons (Fsp3) is 0.316. The lowest BCUT2D eigenvalue weighted by Gasteiger charge is -2.24. The van der Waals surface area contributed by atoms with Gasteiger partial charge in [0.05, 0.1) is 5.41 Å². The Labute approximate surface area is 149 Å². The van der Waals surface area contributed by atoms with Crippen LogP contribution in [-0.4, -0.2) is 24.6 Å². The van der Waals surface area contributed by atoms with Crippen LogP contribution in [0, 0.1) is 0 Å². The van der Waals surface area contributed by atoms with Crippen LogP contribution in [0.4, 0.5) is 0 Å². The number of ether oxygens (including phenoxy) is 2. The van der Waals surface area contributed by atoms with Crippen molar-refractivity contribution >= 4 is 21.8 Å². The summed E-state index contributed by atoms with van der Waals surface area (Å²) in [5, 5.41) is 0. The summed E-state index contributed by atoms with van der Waals surface area (Å²) in [6.45, 7) is 0.827. The largest absolute Gasteiger partial charge is 0.454 e. The number of benzene rings is 2. The third kappa shape index (κ3) is 2.67. The number of hydrogen-bond acceptors (Lipinski definition) is 3. The predicted molar refractivity (Wildman–Crippen MR) is 94.1 cm³/mol. The number of carbonyl (C=O) groups excluding carboxylic acids is 1. The van der Waals surface area contributed by atoms with Gasteiger partial charge in [0.1, 0.15) is 0 Å². The van der Waals surface area contributed by atoms with E-state index in [4.69, 9.17) is 9.47 Å². The summed E-state index contributed by atoms with van der Waals surface area (Å²) in [6.07, 6.45) is 1.83. The van der Waals surface area contributed by atoms with Crippen molar-refractivity contribution in [3.8, 4) is 11.5 Å². The molecule has 0 saturated heterocycles. The van der Waals surface area contributed by atoms with Gasteiger partial charge in [0.25, 0.3) is 0 Å². The van der Waals surface area contributed by atoms with Gasteiger partial charge in [0.2, 0.25) is 12.7 Å². The Morgan fingerprint density at radius 1 is 1.12 bits per heavy atom. The highest BCUT2D eigenvalue weighted by Crippen LogP contribution is 2.49. The van der Waals surface area contributed by atoms with Crippen LogP contribution in [0.1, 0.15) is 24.0 Å². The lowest BCUT2D eigenvalue weighted by atomic mass is 9.94. The average molecular weight is 388 g/mol. The Kier molecular flexibility index (Phi) is 3.76. The molecule has 2 aliphatic rings. The topological polar surface area (TPSA) is 38.8 Å². The molecule has 2 aromatic carbocycles. The molecule has 0 atom stereocenters. The number of carbonyl (C=O) groups is 1. The Hall–Kier alpha value is -2.01. The van der Waals surface area contributed by atoms with Crippen LogP contribution in [0.3, 0.4) is 0 Å². The number of hydrogen-bond donors (Lipinski definition) is 0. The summed E-state index contributed by atoms with van der Waals surface area (Å²) in [4.78, 5) is 14.8. The molecule has 1 amide bonds. The first-order chi connectivity index (χ1) is 11.6. The number of nitrogens with zero attached hydrogens (tertiary/aromatic N) is 1. The normalized spacial score (nSPS) is 16.8. The molecule has 0 spiro atoms. The van der Waals surface area contributed by atoms with Crippen LogP contribution in [0.15, 0.2) is 46.9 Å². The molecular formula is C19H18BrNO3. The van der Waals surface area contributed by atoms with Gasteiger partial charge in [-0.05, 0) is 48.2 Å². The summed E-state index contributed by atoms with van der Waals surface area (Å²) in [5.74, 6) is 1.70. The molecule has 0 unspecified atom stereocenters. The van der Waals surface area contributed by atoms with E-state index in [0.29, 0.717) is 6.54 Å². The molecule has 1 aliphatic heterocycles. The minimum Gasteiger partial charge on any atom is -0.454 e. The van der Waals surface area contributed by atoms with Crippen molar-refractivity contribution in [1.29, 1.82) is 0 Å². The van der Waals surface area contributed by atoms with Crippen molar-refractivity contribution < 1.29 is 14.3 Å². The van der Waals surface area contributed by atoms with Gasteiger partial charge in [0, 0.05) is 18.1 Å². The lowest BCUT2D eigenvalue weighted by Crippen LogP contribution is -2.36. The summed E-state index contributed by atoms with van der Waals surface area (Å²) in [7, 11) is 1.87. The van der Waals surface area contributed by atoms with Crippen LogP contribution in [0.25, 0.3) is 0 Å². The molecule has 2 aromatic rings. The maximum atomic E-state index is 13.0. The van der Waals surface area contributed by atoms with Gasteiger partial charge in [0.15, 0.2) is 11.5 Å². The lowest BCUT2D eigenvalue weighted by molar-refractivity contribution is -0.133. The Morgan fingerprint density at radius 3 is 2.54 bits per heavy atom. The smallest absolute Gasteiger partial charge is 0.233 e. The number of likely N-dealkylation sites (N-methyl/N-ethyl adjacent to an activating group) is 1. The van der Waals surface area contributed by atoms with Crippen molar-refractivity contribution in [3.63, 3.8) is 0 Å². The maximum Gasteiger partial charge on any atom is 0.233 e. The first-order valence-electron chi connectivity index (χ1n) is 7.99. The fourth-order valence-electron chi connectivity index (χ4n) is 3.27. The van der Waals surface area contributed by atoms with Gasteiger partial charge < -0.3 is 14.4 Å². The van der Waals surface area contributed by atoms with Crippen molar-refractivity contribution in [2.24, 2.45) is 0 Å². The molecule has 0 aromatic heterocycles. The molecule has 1 aliphatic carbocycles. The van der Waals surface area contributed by atoms with E-state index < -0.39 is 0 Å². The van der Waals surface area contributed by atoms with E-state index in [2.05, 4.69) is 15.9 Å². The van der Waals surface area contributed by atoms with Gasteiger partial charge in [-0.2, -0.15) is 0 Å². The van der Waals surface area contributed by atoms with Crippen LogP contribution >= 0.6 is 15.9 Å². The first kappa shape index (κ1) is 15.5. The summed E-state index contributed by atoms with van der Waals surface area (Å²) >= 11 is 3.45. The molecule has 0 radical (unpaired) electrons. The standard InChI is InChI=1S/C19H18BrNO3/c1-21(11-13-2-7-16-17(10-13)24-12-23-16)18(22)19(8-9-19)14-3-5-15(20)6-4-14/h2-7,10H,8-9,11-12H2,1H3. The van der Waals surface area contributed by atoms with Crippen LogP contribution in [0.2, 0.25) is 0 Å². The molecule has 5 heteroatoms. The monoisotopic (exact) mass is 387 g/mol. The highest BCUT2D eigenvalue weighted by molar-refractivity contribution is 9.10. The zero-order valence-corrected chi connectivity index (χ0v) is 15.0. The third-order valence-electron chi connectivity index (χ3n) is 4.76. The van der Waals surface area contributed by atoms with E-state index in [1.54, 1.807) is 0 Å². The third-order valence-corrected chi connectivity index (χ3v) is 5.29. The summed E-state index contributed by atoms with van der Waals surface area (Å²) < 4.78 is 11.8. The second-order valence-electron chi connectivity index (χ2n) is 6.44. The minimum atomic E-state index is -0.341. The molecule has 1 heterocycles. The molecule has 1 fully saturated rings. The predicted octanol–water partition coefficient (Wildman–Crippen LogP) is 3.87. The van der Waals surface area contributed by atoms with Crippen molar-refractivity contribution in [1.82, 2.24) is 4.90 Å². The number of fused-ring (bicyclic) bond motifs is 1. The molecule has 124 valence electrons. The van der Waals surface area contributed by atoms with E-state index in [1.165, 1.54) is 0 Å². The van der Waals surface area contributed by atoms with Crippen LogP contribution in [-0.2, 0) is 16.8 Å². The van der Waals surface area contributed by atoms with Crippen molar-refractivity contribution in [3.05, 3.63) is 58.1 Å². The molecule has 4 rings (SSSR count). The van der Waals surface area contributed by atoms with Gasteiger partial charge >= 0.3 is 0 Å². The van der Waals surface area contributed by atoms with E-state index in [1.807, 2.05) is 54.4 Å². The SMILES string of the molecule is CN(Cc1ccc2c(c1)OCO2)C(=O)C1(c2ccc(Br)cc2)CC1. The molecule has 0 N–H and O–H groups in total. The summed E-state index contributed by atoms with van der Waals surface area (Å²) in [5.41, 5.74) is 1.81. The van der Waals surface area contributed by atoms with Crippen LogP contribution in [0.5, 0.6) is 11.5 Å². The maximum absolute atomic E-state index is 13.0. The highest BCUT2D eigenvalue weighted by atomic mass is 79.9. The second kappa shape index (κ2) is 5.81. The van der Waals surface area contributed by atoms with Gasteiger partial charge in [-0.1, -0.05) is 34.1 Å². The van der Waals surface area contributed by atoms with Gasteiger partial charge in [-0.15, -0.1) is 0 Å². The van der Waals surface area contributed by atoms with Gasteiger partial charge in [-0.25, -0.2) is 0 Å². The quantitative estimate of drug-likeness (QED) is 0.799. The number of rotatable bonds is 4. The van der Waals surface area contributed by atoms with E-state index in [-0.39, 0.29) is 18.1 Å². The first-order valence-corrected chi connectivity index (χ1v) is 8.78. The Balaban J connectivity index is 1.51. The second-order valence-corrected chi connectivity index (χ2v) is 7.35. The molecule has 24 heavy (non-hydrogen) atoms. The zero-order chi connectivity index (χ0) is 16.7. The van der Waals surface area contributed by atoms with Crippen molar-refractivity contribution in [2.45, 2.75) is 24.8 Å². The van der Waals surface area contributed by atoms with Crippen molar-refractivity contribution in [2.75, 3.05) is 13.8 Å². The number of halogens is 1. The Morgan fingerprint density at radius 2 is 1.83 bits per heavy atom. The molecule has 4 nitrogen and oxygen atoms in total. The van der Waals surface area contributed by atoms with E-state index in [0.717, 1.165) is 39.9 Å². The fourth-order valence-corrected chi connectivity index (χ4v) is 3.53. The van der Waals surface area contributed by atoms with Crippen LogP contribution < -0.4 is 9.47 Å². The number of amides is 1. The minimum absolute atomic E-state index is 0.183.